The summed E-state index contributed by atoms with van der Waals surface area (Å²) in [6.07, 6.45) is 1.77. The Morgan fingerprint density at radius 1 is 1.39 bits per heavy atom. The number of para-hydroxylation sites is 1. The summed E-state index contributed by atoms with van der Waals surface area (Å²) < 4.78 is 5.60. The Labute approximate surface area is 108 Å². The molecule has 98 valence electrons. The van der Waals surface area contributed by atoms with Gasteiger partial charge < -0.3 is 4.74 Å². The van der Waals surface area contributed by atoms with E-state index in [0.717, 1.165) is 0 Å². The van der Waals surface area contributed by atoms with Crippen molar-refractivity contribution >= 4 is 12.1 Å². The van der Waals surface area contributed by atoms with Crippen LogP contribution in [-0.4, -0.2) is 18.2 Å². The molecule has 0 saturated carbocycles. The van der Waals surface area contributed by atoms with E-state index in [0.29, 0.717) is 18.1 Å². The van der Waals surface area contributed by atoms with Crippen LogP contribution in [0.4, 0.5) is 0 Å². The fraction of sp³-hybridized carbons (Fsp3) is 0.429. The topological polar surface area (TPSA) is 50.7 Å². The number of amides is 1. The molecule has 4 heteroatoms. The zero-order valence-corrected chi connectivity index (χ0v) is 11.1. The van der Waals surface area contributed by atoms with Crippen molar-refractivity contribution in [2.75, 3.05) is 0 Å². The summed E-state index contributed by atoms with van der Waals surface area (Å²) in [7, 11) is 0. The van der Waals surface area contributed by atoms with Crippen LogP contribution in [0, 0.1) is 5.92 Å². The van der Waals surface area contributed by atoms with Crippen molar-refractivity contribution < 1.29 is 9.53 Å². The molecule has 1 amide bonds. The van der Waals surface area contributed by atoms with Crippen molar-refractivity contribution in [3.05, 3.63) is 30.3 Å². The summed E-state index contributed by atoms with van der Waals surface area (Å²) in [4.78, 5) is 11.8. The predicted molar refractivity (Wildman–Crippen MR) is 72.6 cm³/mol. The van der Waals surface area contributed by atoms with Crippen LogP contribution in [0.2, 0.25) is 0 Å². The van der Waals surface area contributed by atoms with Crippen molar-refractivity contribution in [2.24, 2.45) is 11.0 Å². The molecule has 18 heavy (non-hydrogen) atoms. The summed E-state index contributed by atoms with van der Waals surface area (Å²) in [5, 5.41) is 3.88. The first-order valence-electron chi connectivity index (χ1n) is 6.18. The first-order valence-corrected chi connectivity index (χ1v) is 6.18. The molecule has 4 nitrogen and oxygen atoms in total. The number of hydrogen-bond acceptors (Lipinski definition) is 3. The maximum absolute atomic E-state index is 11.8. The number of ether oxygens (including phenoxy) is 1. The van der Waals surface area contributed by atoms with E-state index in [2.05, 4.69) is 10.5 Å². The summed E-state index contributed by atoms with van der Waals surface area (Å²) >= 11 is 0. The Morgan fingerprint density at radius 2 is 2.06 bits per heavy atom. The van der Waals surface area contributed by atoms with Gasteiger partial charge in [-0.1, -0.05) is 39.0 Å². The second-order valence-electron chi connectivity index (χ2n) is 4.33. The molecule has 0 aliphatic carbocycles. The van der Waals surface area contributed by atoms with E-state index >= 15 is 0 Å². The molecule has 1 atom stereocenters. The highest BCUT2D eigenvalue weighted by Crippen LogP contribution is 2.12. The molecule has 0 radical (unpaired) electrons. The summed E-state index contributed by atoms with van der Waals surface area (Å²) in [6, 6.07) is 9.30. The van der Waals surface area contributed by atoms with Gasteiger partial charge in [-0.3, -0.25) is 4.79 Å². The second-order valence-corrected chi connectivity index (χ2v) is 4.33. The Kier molecular flexibility index (Phi) is 5.91. The molecule has 0 aromatic heterocycles. The van der Waals surface area contributed by atoms with Gasteiger partial charge >= 0.3 is 0 Å². The van der Waals surface area contributed by atoms with E-state index in [1.54, 1.807) is 6.21 Å². The zero-order chi connectivity index (χ0) is 13.4. The van der Waals surface area contributed by atoms with Gasteiger partial charge in [-0.15, -0.1) is 0 Å². The van der Waals surface area contributed by atoms with Gasteiger partial charge in [0.15, 0.2) is 6.10 Å². The summed E-state index contributed by atoms with van der Waals surface area (Å²) in [5.41, 5.74) is 2.49. The minimum atomic E-state index is -0.517. The van der Waals surface area contributed by atoms with Crippen LogP contribution in [0.1, 0.15) is 27.2 Å². The standard InChI is InChI=1S/C14H20N2O2/c1-4-13(14(17)16-15-10-11(2)3)18-12-8-6-5-7-9-12/h5-11,13H,4H2,1-3H3,(H,16,17)/b15-10-/t13-/m0/s1. The fourth-order valence-electron chi connectivity index (χ4n) is 1.31. The van der Waals surface area contributed by atoms with Crippen molar-refractivity contribution in [3.8, 4) is 5.75 Å². The number of benzene rings is 1. The number of nitrogens with one attached hydrogen (secondary N) is 1. The molecule has 1 N–H and O–H groups in total. The zero-order valence-electron chi connectivity index (χ0n) is 11.1. The monoisotopic (exact) mass is 248 g/mol. The van der Waals surface area contributed by atoms with Crippen molar-refractivity contribution in [1.29, 1.82) is 0 Å². The number of carbonyl (C=O) groups excluding carboxylic acids is 1. The van der Waals surface area contributed by atoms with Gasteiger partial charge in [-0.25, -0.2) is 5.43 Å². The minimum absolute atomic E-state index is 0.224. The molecule has 1 rings (SSSR count). The van der Waals surface area contributed by atoms with E-state index in [-0.39, 0.29) is 5.91 Å². The number of hydrogen-bond donors (Lipinski definition) is 1. The van der Waals surface area contributed by atoms with Crippen LogP contribution < -0.4 is 10.2 Å². The largest absolute Gasteiger partial charge is 0.481 e. The average Bonchev–Trinajstić information content (AvgIpc) is 2.36. The van der Waals surface area contributed by atoms with Crippen LogP contribution in [-0.2, 0) is 4.79 Å². The lowest BCUT2D eigenvalue weighted by molar-refractivity contribution is -0.128. The Morgan fingerprint density at radius 3 is 2.61 bits per heavy atom. The van der Waals surface area contributed by atoms with Crippen molar-refractivity contribution in [3.63, 3.8) is 0 Å². The van der Waals surface area contributed by atoms with Gasteiger partial charge in [0.1, 0.15) is 5.75 Å². The van der Waals surface area contributed by atoms with Gasteiger partial charge in [-0.05, 0) is 24.5 Å². The van der Waals surface area contributed by atoms with Crippen molar-refractivity contribution in [2.45, 2.75) is 33.3 Å². The second kappa shape index (κ2) is 7.48. The Balaban J connectivity index is 2.53. The molecule has 0 heterocycles. The smallest absolute Gasteiger partial charge is 0.281 e. The highest BCUT2D eigenvalue weighted by Gasteiger charge is 2.17. The molecule has 0 aliphatic heterocycles. The molecular formula is C14H20N2O2. The molecule has 1 aromatic carbocycles. The number of carbonyl (C=O) groups is 1. The van der Waals surface area contributed by atoms with Crippen LogP contribution in [0.5, 0.6) is 5.75 Å². The molecule has 0 fully saturated rings. The van der Waals surface area contributed by atoms with Crippen LogP contribution >= 0.6 is 0 Å². The fourth-order valence-corrected chi connectivity index (χ4v) is 1.31. The van der Waals surface area contributed by atoms with E-state index in [1.807, 2.05) is 51.1 Å². The lowest BCUT2D eigenvalue weighted by Crippen LogP contribution is -2.35. The quantitative estimate of drug-likeness (QED) is 0.621. The first-order chi connectivity index (χ1) is 8.63. The molecule has 0 aliphatic rings. The van der Waals surface area contributed by atoms with Crippen molar-refractivity contribution in [1.82, 2.24) is 5.43 Å². The highest BCUT2D eigenvalue weighted by atomic mass is 16.5. The minimum Gasteiger partial charge on any atom is -0.481 e. The molecular weight excluding hydrogens is 228 g/mol. The Hall–Kier alpha value is -1.84. The molecule has 0 saturated heterocycles. The third-order valence-electron chi connectivity index (χ3n) is 2.23. The molecule has 0 unspecified atom stereocenters. The maximum atomic E-state index is 11.8. The normalized spacial score (nSPS) is 12.7. The van der Waals surface area contributed by atoms with Gasteiger partial charge in [-0.2, -0.15) is 5.10 Å². The molecule has 0 bridgehead atoms. The van der Waals surface area contributed by atoms with Crippen LogP contribution in [0.3, 0.4) is 0 Å². The maximum Gasteiger partial charge on any atom is 0.281 e. The summed E-state index contributed by atoms with van der Waals surface area (Å²) in [5.74, 6) is 0.769. The third-order valence-corrected chi connectivity index (χ3v) is 2.23. The van der Waals surface area contributed by atoms with E-state index < -0.39 is 6.10 Å². The van der Waals surface area contributed by atoms with Gasteiger partial charge in [0.2, 0.25) is 0 Å². The van der Waals surface area contributed by atoms with Gasteiger partial charge in [0, 0.05) is 6.21 Å². The third kappa shape index (κ3) is 4.99. The number of rotatable bonds is 6. The molecule has 1 aromatic rings. The predicted octanol–water partition coefficient (Wildman–Crippen LogP) is 2.60. The van der Waals surface area contributed by atoms with Crippen LogP contribution in [0.25, 0.3) is 0 Å². The van der Waals surface area contributed by atoms with Crippen LogP contribution in [0.15, 0.2) is 35.4 Å². The SMILES string of the molecule is CC[C@H](Oc1ccccc1)C(=O)N/N=C\C(C)C. The summed E-state index contributed by atoms with van der Waals surface area (Å²) in [6.45, 7) is 5.89. The average molecular weight is 248 g/mol. The number of hydrazone groups is 1. The number of nitrogens with zero attached hydrogens (tertiary/aromatic N) is 1. The first kappa shape index (κ1) is 14.2. The lowest BCUT2D eigenvalue weighted by atomic mass is 10.2. The van der Waals surface area contributed by atoms with E-state index in [9.17, 15) is 4.79 Å². The highest BCUT2D eigenvalue weighted by molar-refractivity contribution is 5.81. The van der Waals surface area contributed by atoms with Gasteiger partial charge in [0.05, 0.1) is 0 Å². The lowest BCUT2D eigenvalue weighted by Gasteiger charge is -2.15. The van der Waals surface area contributed by atoms with E-state index in [4.69, 9.17) is 4.74 Å². The van der Waals surface area contributed by atoms with E-state index in [1.165, 1.54) is 0 Å². The van der Waals surface area contributed by atoms with Gasteiger partial charge in [0.25, 0.3) is 5.91 Å². The Bertz CT molecular complexity index is 388. The molecule has 0 spiro atoms.